The average Bonchev–Trinajstić information content (AvgIpc) is 3.19. The normalized spacial score (nSPS) is 19.2. The molecule has 132 valence electrons. The molecule has 0 saturated carbocycles. The minimum absolute atomic E-state index is 0.0270. The maximum Gasteiger partial charge on any atom is 0.276 e. The lowest BCUT2D eigenvalue weighted by Gasteiger charge is -2.35. The number of hydrogen-bond donors (Lipinski definition) is 1. The van der Waals surface area contributed by atoms with Gasteiger partial charge in [-0.2, -0.15) is 0 Å². The number of nitrogens with zero attached hydrogens (tertiary/aromatic N) is 6. The fourth-order valence-electron chi connectivity index (χ4n) is 3.47. The third-order valence-corrected chi connectivity index (χ3v) is 4.95. The van der Waals surface area contributed by atoms with Crippen molar-refractivity contribution in [1.29, 1.82) is 0 Å². The summed E-state index contributed by atoms with van der Waals surface area (Å²) in [5.74, 6) is 0.937. The Morgan fingerprint density at radius 3 is 2.64 bits per heavy atom. The quantitative estimate of drug-likeness (QED) is 0.879. The predicted octanol–water partition coefficient (Wildman–Crippen LogP) is 0.560. The maximum atomic E-state index is 12.7. The molecule has 0 atom stereocenters. The largest absolute Gasteiger partial charge is 0.353 e. The molecule has 2 saturated heterocycles. The van der Waals surface area contributed by atoms with E-state index < -0.39 is 0 Å². The van der Waals surface area contributed by atoms with Crippen LogP contribution in [0.15, 0.2) is 30.6 Å². The van der Waals surface area contributed by atoms with Gasteiger partial charge in [0.25, 0.3) is 5.91 Å². The van der Waals surface area contributed by atoms with Gasteiger partial charge in [0.2, 0.25) is 0 Å². The lowest BCUT2D eigenvalue weighted by molar-refractivity contribution is 0.0740. The van der Waals surface area contributed by atoms with E-state index in [0.29, 0.717) is 24.8 Å². The predicted molar refractivity (Wildman–Crippen MR) is 93.5 cm³/mol. The third kappa shape index (κ3) is 3.48. The minimum atomic E-state index is -0.0270. The third-order valence-electron chi connectivity index (χ3n) is 4.95. The number of amides is 1. The monoisotopic (exact) mass is 341 g/mol. The fourth-order valence-corrected chi connectivity index (χ4v) is 3.47. The molecule has 4 heterocycles. The number of rotatable bonds is 3. The summed E-state index contributed by atoms with van der Waals surface area (Å²) in [7, 11) is 0. The van der Waals surface area contributed by atoms with Gasteiger partial charge in [0.1, 0.15) is 5.82 Å². The number of piperazine rings is 1. The van der Waals surface area contributed by atoms with Crippen molar-refractivity contribution >= 4 is 11.7 Å². The van der Waals surface area contributed by atoms with Crippen molar-refractivity contribution in [2.75, 3.05) is 44.2 Å². The van der Waals surface area contributed by atoms with Crippen molar-refractivity contribution in [3.05, 3.63) is 36.3 Å². The summed E-state index contributed by atoms with van der Waals surface area (Å²) < 4.78 is 1.86. The second kappa shape index (κ2) is 7.18. The van der Waals surface area contributed by atoms with Gasteiger partial charge in [-0.05, 0) is 38.1 Å². The molecule has 0 aliphatic carbocycles. The molecule has 2 aromatic rings. The molecule has 0 aromatic carbocycles. The molecular formula is C17H23N7O. The van der Waals surface area contributed by atoms with Crippen LogP contribution in [0.4, 0.5) is 5.82 Å². The minimum Gasteiger partial charge on any atom is -0.353 e. The lowest BCUT2D eigenvalue weighted by atomic mass is 10.1. The molecule has 2 aliphatic rings. The highest BCUT2D eigenvalue weighted by Crippen LogP contribution is 2.18. The Bertz CT molecular complexity index is 703. The summed E-state index contributed by atoms with van der Waals surface area (Å²) in [5.41, 5.74) is 0.449. The molecule has 2 aliphatic heterocycles. The molecule has 0 bridgehead atoms. The van der Waals surface area contributed by atoms with E-state index >= 15 is 0 Å². The number of hydrogen-bond acceptors (Lipinski definition) is 6. The van der Waals surface area contributed by atoms with Gasteiger partial charge in [-0.3, -0.25) is 4.79 Å². The summed E-state index contributed by atoms with van der Waals surface area (Å²) in [6.45, 7) is 4.90. The number of piperidine rings is 1. The van der Waals surface area contributed by atoms with Crippen LogP contribution in [0.2, 0.25) is 0 Å². The molecule has 2 aromatic heterocycles. The molecule has 0 radical (unpaired) electrons. The number of pyridine rings is 1. The Labute approximate surface area is 146 Å². The summed E-state index contributed by atoms with van der Waals surface area (Å²) in [6.07, 6.45) is 5.66. The second-order valence-corrected chi connectivity index (χ2v) is 6.53. The molecule has 2 fully saturated rings. The number of nitrogens with one attached hydrogen (secondary N) is 1. The second-order valence-electron chi connectivity index (χ2n) is 6.53. The molecule has 0 unspecified atom stereocenters. The van der Waals surface area contributed by atoms with E-state index in [0.717, 1.165) is 44.8 Å². The molecule has 8 nitrogen and oxygen atoms in total. The first-order valence-electron chi connectivity index (χ1n) is 8.89. The smallest absolute Gasteiger partial charge is 0.276 e. The lowest BCUT2D eigenvalue weighted by Crippen LogP contribution is -2.49. The van der Waals surface area contributed by atoms with Crippen molar-refractivity contribution in [1.82, 2.24) is 30.2 Å². The van der Waals surface area contributed by atoms with Crippen molar-refractivity contribution in [3.63, 3.8) is 0 Å². The Balaban J connectivity index is 1.37. The van der Waals surface area contributed by atoms with Crippen LogP contribution in [-0.4, -0.2) is 70.1 Å². The summed E-state index contributed by atoms with van der Waals surface area (Å²) in [5, 5.41) is 11.6. The van der Waals surface area contributed by atoms with Crippen LogP contribution in [-0.2, 0) is 0 Å². The first kappa shape index (κ1) is 16.0. The van der Waals surface area contributed by atoms with E-state index in [9.17, 15) is 4.79 Å². The van der Waals surface area contributed by atoms with Crippen molar-refractivity contribution in [3.8, 4) is 0 Å². The zero-order valence-electron chi connectivity index (χ0n) is 14.2. The summed E-state index contributed by atoms with van der Waals surface area (Å²) in [4.78, 5) is 21.1. The molecule has 25 heavy (non-hydrogen) atoms. The zero-order chi connectivity index (χ0) is 17.1. The van der Waals surface area contributed by atoms with E-state index in [4.69, 9.17) is 0 Å². The maximum absolute atomic E-state index is 12.7. The highest BCUT2D eigenvalue weighted by molar-refractivity contribution is 5.92. The van der Waals surface area contributed by atoms with Crippen LogP contribution in [0, 0.1) is 0 Å². The molecule has 0 spiro atoms. The number of carbonyl (C=O) groups is 1. The molecule has 4 rings (SSSR count). The van der Waals surface area contributed by atoms with Crippen molar-refractivity contribution < 1.29 is 4.79 Å². The molecule has 1 N–H and O–H groups in total. The summed E-state index contributed by atoms with van der Waals surface area (Å²) in [6, 6.07) is 6.24. The van der Waals surface area contributed by atoms with Crippen LogP contribution in [0.5, 0.6) is 0 Å². The Morgan fingerprint density at radius 1 is 1.12 bits per heavy atom. The number of carbonyl (C=O) groups excluding carboxylic acids is 1. The number of aromatic nitrogens is 4. The average molecular weight is 341 g/mol. The van der Waals surface area contributed by atoms with Gasteiger partial charge in [0.05, 0.1) is 12.2 Å². The van der Waals surface area contributed by atoms with Gasteiger partial charge in [-0.1, -0.05) is 11.3 Å². The molecular weight excluding hydrogens is 318 g/mol. The standard InChI is InChI=1S/C17H23N7O/c25-17(15-13-24(21-20-15)14-4-7-18-8-5-14)23-11-9-22(10-12-23)16-3-1-2-6-19-16/h1-3,6,13-14,18H,4-5,7-12H2. The summed E-state index contributed by atoms with van der Waals surface area (Å²) >= 11 is 0. The fraction of sp³-hybridized carbons (Fsp3) is 0.529. The van der Waals surface area contributed by atoms with E-state index in [1.165, 1.54) is 0 Å². The van der Waals surface area contributed by atoms with Gasteiger partial charge in [0, 0.05) is 32.4 Å². The van der Waals surface area contributed by atoms with Gasteiger partial charge in [-0.15, -0.1) is 5.10 Å². The van der Waals surface area contributed by atoms with Gasteiger partial charge >= 0.3 is 0 Å². The van der Waals surface area contributed by atoms with Crippen LogP contribution < -0.4 is 10.2 Å². The van der Waals surface area contributed by atoms with Crippen LogP contribution in [0.3, 0.4) is 0 Å². The van der Waals surface area contributed by atoms with E-state index in [1.54, 1.807) is 6.20 Å². The first-order chi connectivity index (χ1) is 12.3. The van der Waals surface area contributed by atoms with E-state index in [1.807, 2.05) is 34.0 Å². The first-order valence-corrected chi connectivity index (χ1v) is 8.89. The molecule has 8 heteroatoms. The van der Waals surface area contributed by atoms with Gasteiger partial charge in [-0.25, -0.2) is 9.67 Å². The Kier molecular flexibility index (Phi) is 4.60. The van der Waals surface area contributed by atoms with E-state index in [2.05, 4.69) is 25.5 Å². The molecule has 1 amide bonds. The van der Waals surface area contributed by atoms with Crippen molar-refractivity contribution in [2.24, 2.45) is 0 Å². The van der Waals surface area contributed by atoms with E-state index in [-0.39, 0.29) is 5.91 Å². The highest BCUT2D eigenvalue weighted by atomic mass is 16.2. The van der Waals surface area contributed by atoms with Crippen LogP contribution in [0.1, 0.15) is 29.4 Å². The van der Waals surface area contributed by atoms with Gasteiger partial charge in [0.15, 0.2) is 5.69 Å². The SMILES string of the molecule is O=C(c1cn(C2CCNCC2)nn1)N1CCN(c2ccccn2)CC1. The number of anilines is 1. The zero-order valence-corrected chi connectivity index (χ0v) is 14.2. The topological polar surface area (TPSA) is 79.2 Å². The van der Waals surface area contributed by atoms with Gasteiger partial charge < -0.3 is 15.1 Å². The van der Waals surface area contributed by atoms with Crippen LogP contribution >= 0.6 is 0 Å². The highest BCUT2D eigenvalue weighted by Gasteiger charge is 2.25. The Morgan fingerprint density at radius 2 is 1.92 bits per heavy atom. The van der Waals surface area contributed by atoms with Crippen molar-refractivity contribution in [2.45, 2.75) is 18.9 Å². The van der Waals surface area contributed by atoms with Crippen LogP contribution in [0.25, 0.3) is 0 Å². The Hall–Kier alpha value is -2.48.